The Balaban J connectivity index is 3.09. The summed E-state index contributed by atoms with van der Waals surface area (Å²) >= 11 is 0. The highest BCUT2D eigenvalue weighted by atomic mass is 19.4. The highest BCUT2D eigenvalue weighted by Gasteiger charge is 2.34. The second kappa shape index (κ2) is 4.44. The molecule has 0 aliphatic carbocycles. The van der Waals surface area contributed by atoms with Gasteiger partial charge in [0.25, 0.3) is 0 Å². The van der Waals surface area contributed by atoms with Crippen LogP contribution in [0.25, 0.3) is 0 Å². The Hall–Kier alpha value is -1.06. The van der Waals surface area contributed by atoms with Crippen LogP contribution in [0.1, 0.15) is 37.8 Å². The van der Waals surface area contributed by atoms with Gasteiger partial charge in [-0.1, -0.05) is 26.8 Å². The summed E-state index contributed by atoms with van der Waals surface area (Å²) in [6.07, 6.45) is -4.62. The predicted molar refractivity (Wildman–Crippen MR) is 54.7 cm³/mol. The molecule has 1 unspecified atom stereocenters. The summed E-state index contributed by atoms with van der Waals surface area (Å²) in [5.74, 6) is -0.898. The number of halogens is 4. The van der Waals surface area contributed by atoms with Gasteiger partial charge in [0.05, 0.1) is 5.56 Å². The SMILES string of the molecule is CC(C)C(C)c1ccc(C(F)(F)F)c(F)c1. The lowest BCUT2D eigenvalue weighted by Gasteiger charge is -2.17. The van der Waals surface area contributed by atoms with Crippen LogP contribution in [0.3, 0.4) is 0 Å². The van der Waals surface area contributed by atoms with E-state index in [-0.39, 0.29) is 11.8 Å². The average molecular weight is 234 g/mol. The van der Waals surface area contributed by atoms with Gasteiger partial charge in [0.15, 0.2) is 0 Å². The van der Waals surface area contributed by atoms with Crippen LogP contribution in [-0.2, 0) is 6.18 Å². The van der Waals surface area contributed by atoms with Gasteiger partial charge in [0.2, 0.25) is 0 Å². The minimum atomic E-state index is -4.62. The Morgan fingerprint density at radius 1 is 1.06 bits per heavy atom. The zero-order valence-corrected chi connectivity index (χ0v) is 9.40. The molecule has 0 radical (unpaired) electrons. The molecule has 0 aromatic heterocycles. The predicted octanol–water partition coefficient (Wildman–Crippen LogP) is 4.60. The molecule has 0 fully saturated rings. The molecule has 0 bridgehead atoms. The minimum absolute atomic E-state index is 0.0387. The molecule has 4 heteroatoms. The lowest BCUT2D eigenvalue weighted by atomic mass is 9.90. The molecular formula is C12H14F4. The maximum absolute atomic E-state index is 13.2. The summed E-state index contributed by atoms with van der Waals surface area (Å²) in [6.45, 7) is 5.76. The molecular weight excluding hydrogens is 220 g/mol. The number of benzene rings is 1. The van der Waals surface area contributed by atoms with Gasteiger partial charge in [-0.25, -0.2) is 4.39 Å². The Morgan fingerprint density at radius 2 is 1.62 bits per heavy atom. The molecule has 0 aliphatic heterocycles. The van der Waals surface area contributed by atoms with Crippen molar-refractivity contribution in [1.29, 1.82) is 0 Å². The van der Waals surface area contributed by atoms with Crippen molar-refractivity contribution >= 4 is 0 Å². The second-order valence-electron chi connectivity index (χ2n) is 4.27. The smallest absolute Gasteiger partial charge is 0.206 e. The molecule has 1 rings (SSSR count). The highest BCUT2D eigenvalue weighted by Crippen LogP contribution is 2.33. The molecule has 0 N–H and O–H groups in total. The zero-order valence-electron chi connectivity index (χ0n) is 9.40. The molecule has 0 amide bonds. The van der Waals surface area contributed by atoms with Crippen LogP contribution < -0.4 is 0 Å². The van der Waals surface area contributed by atoms with Crippen molar-refractivity contribution < 1.29 is 17.6 Å². The summed E-state index contributed by atoms with van der Waals surface area (Å²) in [7, 11) is 0. The molecule has 0 spiro atoms. The Kier molecular flexibility index (Phi) is 3.61. The molecule has 1 aromatic rings. The van der Waals surface area contributed by atoms with Crippen LogP contribution in [0.15, 0.2) is 18.2 Å². The van der Waals surface area contributed by atoms with E-state index in [9.17, 15) is 17.6 Å². The van der Waals surface area contributed by atoms with Gasteiger partial charge < -0.3 is 0 Å². The highest BCUT2D eigenvalue weighted by molar-refractivity contribution is 5.28. The van der Waals surface area contributed by atoms with Gasteiger partial charge in [-0.2, -0.15) is 13.2 Å². The number of alkyl halides is 3. The minimum Gasteiger partial charge on any atom is -0.206 e. The van der Waals surface area contributed by atoms with Crippen molar-refractivity contribution in [2.24, 2.45) is 5.92 Å². The quantitative estimate of drug-likeness (QED) is 0.656. The maximum atomic E-state index is 13.2. The van der Waals surface area contributed by atoms with E-state index in [0.717, 1.165) is 12.1 Å². The summed E-state index contributed by atoms with van der Waals surface area (Å²) in [6, 6.07) is 3.13. The fourth-order valence-corrected chi connectivity index (χ4v) is 1.43. The van der Waals surface area contributed by atoms with Crippen molar-refractivity contribution in [3.8, 4) is 0 Å². The summed E-state index contributed by atoms with van der Waals surface area (Å²) in [5.41, 5.74) is -0.604. The molecule has 16 heavy (non-hydrogen) atoms. The van der Waals surface area contributed by atoms with Gasteiger partial charge in [-0.15, -0.1) is 0 Å². The van der Waals surface area contributed by atoms with E-state index in [2.05, 4.69) is 0 Å². The van der Waals surface area contributed by atoms with E-state index in [1.807, 2.05) is 20.8 Å². The Morgan fingerprint density at radius 3 is 2.00 bits per heavy atom. The van der Waals surface area contributed by atoms with E-state index in [4.69, 9.17) is 0 Å². The third-order valence-electron chi connectivity index (χ3n) is 2.82. The van der Waals surface area contributed by atoms with Crippen LogP contribution >= 0.6 is 0 Å². The van der Waals surface area contributed by atoms with Crippen LogP contribution in [0.2, 0.25) is 0 Å². The topological polar surface area (TPSA) is 0 Å². The summed E-state index contributed by atoms with van der Waals surface area (Å²) < 4.78 is 50.2. The van der Waals surface area contributed by atoms with E-state index in [0.29, 0.717) is 5.56 Å². The summed E-state index contributed by atoms with van der Waals surface area (Å²) in [5, 5.41) is 0. The van der Waals surface area contributed by atoms with Gasteiger partial charge in [-0.3, -0.25) is 0 Å². The lowest BCUT2D eigenvalue weighted by molar-refractivity contribution is -0.140. The molecule has 0 aliphatic rings. The normalized spacial score (nSPS) is 14.2. The molecule has 0 saturated carbocycles. The molecule has 1 atom stereocenters. The van der Waals surface area contributed by atoms with E-state index >= 15 is 0 Å². The molecule has 1 aromatic carbocycles. The second-order valence-corrected chi connectivity index (χ2v) is 4.27. The standard InChI is InChI=1S/C12H14F4/c1-7(2)8(3)9-4-5-10(11(13)6-9)12(14,15)16/h4-8H,1-3H3. The molecule has 0 saturated heterocycles. The van der Waals surface area contributed by atoms with Crippen molar-refractivity contribution in [2.45, 2.75) is 32.9 Å². The first-order chi connectivity index (χ1) is 7.23. The van der Waals surface area contributed by atoms with Crippen LogP contribution in [0.5, 0.6) is 0 Å². The van der Waals surface area contributed by atoms with Gasteiger partial charge >= 0.3 is 6.18 Å². The maximum Gasteiger partial charge on any atom is 0.419 e. The number of hydrogen-bond donors (Lipinski definition) is 0. The average Bonchev–Trinajstić information content (AvgIpc) is 2.14. The van der Waals surface area contributed by atoms with Crippen LogP contribution in [0.4, 0.5) is 17.6 Å². The van der Waals surface area contributed by atoms with Gasteiger partial charge in [0.1, 0.15) is 5.82 Å². The Labute approximate surface area is 92.3 Å². The van der Waals surface area contributed by atoms with Gasteiger partial charge in [-0.05, 0) is 29.5 Å². The van der Waals surface area contributed by atoms with Crippen LogP contribution in [0, 0.1) is 11.7 Å². The molecule has 90 valence electrons. The fraction of sp³-hybridized carbons (Fsp3) is 0.500. The largest absolute Gasteiger partial charge is 0.419 e. The lowest BCUT2D eigenvalue weighted by Crippen LogP contribution is -2.10. The van der Waals surface area contributed by atoms with E-state index in [1.54, 1.807) is 0 Å². The number of hydrogen-bond acceptors (Lipinski definition) is 0. The first-order valence-electron chi connectivity index (χ1n) is 5.10. The first kappa shape index (κ1) is 13.0. The van der Waals surface area contributed by atoms with Crippen molar-refractivity contribution in [2.75, 3.05) is 0 Å². The first-order valence-corrected chi connectivity index (χ1v) is 5.10. The Bertz CT molecular complexity index is 366. The zero-order chi connectivity index (χ0) is 12.5. The fourth-order valence-electron chi connectivity index (χ4n) is 1.43. The summed E-state index contributed by atoms with van der Waals surface area (Å²) in [4.78, 5) is 0. The molecule has 0 heterocycles. The van der Waals surface area contributed by atoms with E-state index < -0.39 is 17.6 Å². The van der Waals surface area contributed by atoms with Crippen molar-refractivity contribution in [3.63, 3.8) is 0 Å². The van der Waals surface area contributed by atoms with Crippen molar-refractivity contribution in [1.82, 2.24) is 0 Å². The third-order valence-corrected chi connectivity index (χ3v) is 2.82. The third kappa shape index (κ3) is 2.74. The number of rotatable bonds is 2. The van der Waals surface area contributed by atoms with Crippen molar-refractivity contribution in [3.05, 3.63) is 35.1 Å². The van der Waals surface area contributed by atoms with Gasteiger partial charge in [0, 0.05) is 0 Å². The monoisotopic (exact) mass is 234 g/mol. The molecule has 0 nitrogen and oxygen atoms in total. The van der Waals surface area contributed by atoms with E-state index in [1.165, 1.54) is 6.07 Å². The van der Waals surface area contributed by atoms with Crippen LogP contribution in [-0.4, -0.2) is 0 Å².